The van der Waals surface area contributed by atoms with E-state index in [4.69, 9.17) is 28.9 Å². The van der Waals surface area contributed by atoms with Crippen LogP contribution in [-0.2, 0) is 10.2 Å². The molecule has 0 aromatic heterocycles. The van der Waals surface area contributed by atoms with E-state index in [1.807, 2.05) is 12.1 Å². The number of benzene rings is 3. The number of rotatable bonds is 7. The third-order valence-corrected chi connectivity index (χ3v) is 7.95. The maximum Gasteiger partial charge on any atom is 0.335 e. The average Bonchev–Trinajstić information content (AvgIpc) is 3.19. The summed E-state index contributed by atoms with van der Waals surface area (Å²) < 4.78 is 15.7. The molecule has 6 nitrogen and oxygen atoms in total. The van der Waals surface area contributed by atoms with Gasteiger partial charge in [0.15, 0.2) is 0 Å². The molecule has 206 valence electrons. The van der Waals surface area contributed by atoms with Crippen LogP contribution in [0.2, 0.25) is 10.0 Å². The Bertz CT molecular complexity index is 1390. The first-order chi connectivity index (χ1) is 18.4. The molecule has 1 saturated heterocycles. The highest BCUT2D eigenvalue weighted by atomic mass is 35.5. The summed E-state index contributed by atoms with van der Waals surface area (Å²) in [4.78, 5) is 25.5. The van der Waals surface area contributed by atoms with Crippen molar-refractivity contribution >= 4 is 40.8 Å². The molecule has 0 unspecified atom stereocenters. The summed E-state index contributed by atoms with van der Waals surface area (Å²) in [5.74, 6) is -2.68. The van der Waals surface area contributed by atoms with Gasteiger partial charge in [-0.2, -0.15) is 0 Å². The van der Waals surface area contributed by atoms with Crippen LogP contribution in [0.25, 0.3) is 0 Å². The van der Waals surface area contributed by atoms with E-state index in [1.54, 1.807) is 30.3 Å². The fourth-order valence-electron chi connectivity index (χ4n) is 5.78. The SMILES string of the molecule is CC(C)(C)C[C@@H]1N[C@@H](C(=O)Nc2cccc(C(=O)O)c2)[C@H](c2ccccc2Cl)[C@@]1(CN)c1cc(Cl)ccc1F. The molecule has 0 aliphatic carbocycles. The maximum atomic E-state index is 15.7. The predicted octanol–water partition coefficient (Wildman–Crippen LogP) is 6.23. The van der Waals surface area contributed by atoms with Crippen LogP contribution in [0.15, 0.2) is 66.7 Å². The molecule has 0 radical (unpaired) electrons. The summed E-state index contributed by atoms with van der Waals surface area (Å²) >= 11 is 13.1. The number of anilines is 1. The number of halogens is 3. The molecule has 0 bridgehead atoms. The maximum absolute atomic E-state index is 15.7. The highest BCUT2D eigenvalue weighted by molar-refractivity contribution is 6.31. The van der Waals surface area contributed by atoms with Crippen molar-refractivity contribution in [2.24, 2.45) is 11.1 Å². The smallest absolute Gasteiger partial charge is 0.335 e. The van der Waals surface area contributed by atoms with Crippen molar-refractivity contribution in [3.05, 3.63) is 99.3 Å². The first kappa shape index (κ1) is 29.0. The minimum Gasteiger partial charge on any atom is -0.478 e. The number of carbonyl (C=O) groups is 2. The average molecular weight is 573 g/mol. The molecule has 1 heterocycles. The molecular formula is C30H32Cl2FN3O3. The van der Waals surface area contributed by atoms with Crippen molar-refractivity contribution in [1.82, 2.24) is 5.32 Å². The fourth-order valence-corrected chi connectivity index (χ4v) is 6.20. The summed E-state index contributed by atoms with van der Waals surface area (Å²) in [5.41, 5.74) is 6.60. The molecule has 1 aliphatic rings. The van der Waals surface area contributed by atoms with Gasteiger partial charge >= 0.3 is 5.97 Å². The molecule has 0 spiro atoms. The summed E-state index contributed by atoms with van der Waals surface area (Å²) in [6.45, 7) is 6.21. The van der Waals surface area contributed by atoms with Crippen molar-refractivity contribution in [1.29, 1.82) is 0 Å². The second-order valence-corrected chi connectivity index (χ2v) is 12.0. The van der Waals surface area contributed by atoms with Crippen molar-refractivity contribution in [2.45, 2.75) is 50.6 Å². The normalized spacial score (nSPS) is 23.0. The molecule has 5 N–H and O–H groups in total. The van der Waals surface area contributed by atoms with Crippen LogP contribution < -0.4 is 16.4 Å². The molecule has 1 fully saturated rings. The standard InChI is InChI=1S/C30H32Cl2FN3O3/c1-29(2,3)15-24-30(16-34,21-14-18(31)11-12-23(21)33)25(20-9-4-5-10-22(20)32)26(36-24)27(37)35-19-8-6-7-17(13-19)28(38)39/h4-14,24-26,36H,15-16,34H2,1-3H3,(H,35,37)(H,38,39)/t24-,25-,26+,30-/m0/s1. The Hall–Kier alpha value is -2.97. The number of hydrogen-bond acceptors (Lipinski definition) is 4. The predicted molar refractivity (Wildman–Crippen MR) is 153 cm³/mol. The lowest BCUT2D eigenvalue weighted by Gasteiger charge is -2.42. The van der Waals surface area contributed by atoms with E-state index in [-0.39, 0.29) is 17.5 Å². The molecule has 39 heavy (non-hydrogen) atoms. The molecular weight excluding hydrogens is 540 g/mol. The molecule has 3 aromatic carbocycles. The van der Waals surface area contributed by atoms with Gasteiger partial charge in [-0.3, -0.25) is 4.79 Å². The van der Waals surface area contributed by atoms with Crippen molar-refractivity contribution in [2.75, 3.05) is 11.9 Å². The molecule has 9 heteroatoms. The van der Waals surface area contributed by atoms with Crippen LogP contribution >= 0.6 is 23.2 Å². The molecule has 4 rings (SSSR count). The number of carboxylic acid groups (broad SMARTS) is 1. The number of carboxylic acids is 1. The van der Waals surface area contributed by atoms with Gasteiger partial charge < -0.3 is 21.5 Å². The number of amides is 1. The van der Waals surface area contributed by atoms with E-state index < -0.39 is 41.1 Å². The molecule has 1 aliphatic heterocycles. The second-order valence-electron chi connectivity index (χ2n) is 11.2. The number of carbonyl (C=O) groups excluding carboxylic acids is 1. The second kappa shape index (κ2) is 11.3. The lowest BCUT2D eigenvalue weighted by atomic mass is 9.62. The van der Waals surface area contributed by atoms with Crippen molar-refractivity contribution < 1.29 is 19.1 Å². The van der Waals surface area contributed by atoms with Crippen molar-refractivity contribution in [3.8, 4) is 0 Å². The third kappa shape index (κ3) is 5.82. The van der Waals surface area contributed by atoms with E-state index in [0.29, 0.717) is 33.3 Å². The van der Waals surface area contributed by atoms with Gasteiger partial charge in [-0.1, -0.05) is 68.2 Å². The molecule has 4 atom stereocenters. The summed E-state index contributed by atoms with van der Waals surface area (Å²) in [6.07, 6.45) is 0.565. The number of aromatic carboxylic acids is 1. The molecule has 1 amide bonds. The largest absolute Gasteiger partial charge is 0.478 e. The van der Waals surface area contributed by atoms with Gasteiger partial charge in [-0.25, -0.2) is 9.18 Å². The lowest BCUT2D eigenvalue weighted by molar-refractivity contribution is -0.118. The first-order valence-corrected chi connectivity index (χ1v) is 13.4. The first-order valence-electron chi connectivity index (χ1n) is 12.7. The number of nitrogens with one attached hydrogen (secondary N) is 2. The van der Waals surface area contributed by atoms with Crippen LogP contribution in [0.5, 0.6) is 0 Å². The van der Waals surface area contributed by atoms with Crippen molar-refractivity contribution in [3.63, 3.8) is 0 Å². The summed E-state index contributed by atoms with van der Waals surface area (Å²) in [6, 6.07) is 16.2. The van der Waals surface area contributed by atoms with Crippen LogP contribution in [0, 0.1) is 11.2 Å². The van der Waals surface area contributed by atoms with Gasteiger partial charge in [0, 0.05) is 39.7 Å². The van der Waals surface area contributed by atoms with E-state index in [0.717, 1.165) is 0 Å². The molecule has 3 aromatic rings. The zero-order chi connectivity index (χ0) is 28.5. The Morgan fingerprint density at radius 1 is 1.08 bits per heavy atom. The van der Waals surface area contributed by atoms with E-state index >= 15 is 4.39 Å². The van der Waals surface area contributed by atoms with E-state index in [1.165, 1.54) is 24.3 Å². The Morgan fingerprint density at radius 2 is 1.79 bits per heavy atom. The lowest BCUT2D eigenvalue weighted by Crippen LogP contribution is -2.50. The topological polar surface area (TPSA) is 104 Å². The quantitative estimate of drug-likeness (QED) is 0.269. The third-order valence-electron chi connectivity index (χ3n) is 7.37. The Balaban J connectivity index is 1.92. The van der Waals surface area contributed by atoms with Gasteiger partial charge in [0.1, 0.15) is 5.82 Å². The minimum atomic E-state index is -1.11. The fraction of sp³-hybridized carbons (Fsp3) is 0.333. The van der Waals surface area contributed by atoms with Crippen LogP contribution in [-0.4, -0.2) is 35.6 Å². The monoisotopic (exact) mass is 571 g/mol. The number of hydrogen-bond donors (Lipinski definition) is 4. The van der Waals surface area contributed by atoms with Gasteiger partial charge in [0.05, 0.1) is 11.6 Å². The van der Waals surface area contributed by atoms with Gasteiger partial charge in [-0.15, -0.1) is 0 Å². The number of nitrogens with two attached hydrogens (primary N) is 1. The van der Waals surface area contributed by atoms with Gasteiger partial charge in [-0.05, 0) is 65.4 Å². The highest BCUT2D eigenvalue weighted by Gasteiger charge is 2.59. The Labute approximate surface area is 237 Å². The summed E-state index contributed by atoms with van der Waals surface area (Å²) in [7, 11) is 0. The zero-order valence-corrected chi connectivity index (χ0v) is 23.5. The molecule has 0 saturated carbocycles. The van der Waals surface area contributed by atoms with E-state index in [9.17, 15) is 14.7 Å². The van der Waals surface area contributed by atoms with Gasteiger partial charge in [0.2, 0.25) is 5.91 Å². The highest BCUT2D eigenvalue weighted by Crippen LogP contribution is 2.53. The Kier molecular flexibility index (Phi) is 8.38. The van der Waals surface area contributed by atoms with Crippen LogP contribution in [0.1, 0.15) is 54.6 Å². The van der Waals surface area contributed by atoms with Gasteiger partial charge in [0.25, 0.3) is 0 Å². The van der Waals surface area contributed by atoms with Crippen LogP contribution in [0.4, 0.5) is 10.1 Å². The Morgan fingerprint density at radius 3 is 2.44 bits per heavy atom. The summed E-state index contributed by atoms with van der Waals surface area (Å²) in [5, 5.41) is 16.5. The van der Waals surface area contributed by atoms with E-state index in [2.05, 4.69) is 31.4 Å². The zero-order valence-electron chi connectivity index (χ0n) is 22.0. The van der Waals surface area contributed by atoms with Crippen LogP contribution in [0.3, 0.4) is 0 Å². The minimum absolute atomic E-state index is 0.00613.